The lowest BCUT2D eigenvalue weighted by Crippen LogP contribution is -2.04. The number of aromatic amines is 1. The third kappa shape index (κ3) is 2.04. The SMILES string of the molecule is CCOC(=O)c1sc(-c2c[nH]c3ncccc23)cc1N. The maximum atomic E-state index is 11.8. The molecular formula is C14H13N3O2S. The number of nitrogen functional groups attached to an aromatic ring is 1. The summed E-state index contributed by atoms with van der Waals surface area (Å²) in [6.45, 7) is 2.11. The first kappa shape index (κ1) is 12.7. The molecule has 20 heavy (non-hydrogen) atoms. The zero-order valence-corrected chi connectivity index (χ0v) is 11.7. The normalized spacial score (nSPS) is 10.8. The first-order chi connectivity index (χ1) is 9.70. The second-order valence-corrected chi connectivity index (χ2v) is 5.27. The van der Waals surface area contributed by atoms with Crippen molar-refractivity contribution in [1.29, 1.82) is 0 Å². The van der Waals surface area contributed by atoms with Gasteiger partial charge in [-0.05, 0) is 25.1 Å². The highest BCUT2D eigenvalue weighted by Crippen LogP contribution is 2.36. The van der Waals surface area contributed by atoms with E-state index in [0.29, 0.717) is 17.2 Å². The lowest BCUT2D eigenvalue weighted by atomic mass is 10.2. The first-order valence-electron chi connectivity index (χ1n) is 6.19. The summed E-state index contributed by atoms with van der Waals surface area (Å²) >= 11 is 1.33. The van der Waals surface area contributed by atoms with Gasteiger partial charge in [0.15, 0.2) is 0 Å². The summed E-state index contributed by atoms with van der Waals surface area (Å²) in [6, 6.07) is 5.66. The molecule has 3 aromatic rings. The van der Waals surface area contributed by atoms with Gasteiger partial charge in [0.2, 0.25) is 0 Å². The summed E-state index contributed by atoms with van der Waals surface area (Å²) in [6.07, 6.45) is 3.60. The van der Waals surface area contributed by atoms with Gasteiger partial charge in [0.05, 0.1) is 12.3 Å². The van der Waals surface area contributed by atoms with Gasteiger partial charge in [0.1, 0.15) is 10.5 Å². The van der Waals surface area contributed by atoms with Gasteiger partial charge in [-0.1, -0.05) is 0 Å². The van der Waals surface area contributed by atoms with E-state index in [1.807, 2.05) is 18.3 Å². The summed E-state index contributed by atoms with van der Waals surface area (Å²) < 4.78 is 5.00. The number of carbonyl (C=O) groups is 1. The molecule has 0 atom stereocenters. The molecule has 0 aromatic carbocycles. The van der Waals surface area contributed by atoms with Crippen LogP contribution in [0.2, 0.25) is 0 Å². The lowest BCUT2D eigenvalue weighted by molar-refractivity contribution is 0.0533. The zero-order chi connectivity index (χ0) is 14.1. The lowest BCUT2D eigenvalue weighted by Gasteiger charge is -1.98. The number of hydrogen-bond donors (Lipinski definition) is 2. The number of nitrogens with one attached hydrogen (secondary N) is 1. The number of rotatable bonds is 3. The van der Waals surface area contributed by atoms with Crippen LogP contribution >= 0.6 is 11.3 Å². The fraction of sp³-hybridized carbons (Fsp3) is 0.143. The van der Waals surface area contributed by atoms with E-state index in [1.54, 1.807) is 19.2 Å². The van der Waals surface area contributed by atoms with Crippen molar-refractivity contribution in [3.63, 3.8) is 0 Å². The van der Waals surface area contributed by atoms with E-state index in [2.05, 4.69) is 9.97 Å². The van der Waals surface area contributed by atoms with Gasteiger partial charge in [-0.2, -0.15) is 0 Å². The molecule has 6 heteroatoms. The number of aromatic nitrogens is 2. The molecule has 0 radical (unpaired) electrons. The van der Waals surface area contributed by atoms with Crippen LogP contribution in [-0.4, -0.2) is 22.5 Å². The molecule has 0 aliphatic rings. The Hall–Kier alpha value is -2.34. The second kappa shape index (κ2) is 4.97. The van der Waals surface area contributed by atoms with E-state index in [4.69, 9.17) is 10.5 Å². The van der Waals surface area contributed by atoms with Crippen LogP contribution in [0, 0.1) is 0 Å². The molecule has 0 aliphatic carbocycles. The minimum atomic E-state index is -0.376. The number of ether oxygens (including phenoxy) is 1. The Labute approximate surface area is 119 Å². The largest absolute Gasteiger partial charge is 0.462 e. The second-order valence-electron chi connectivity index (χ2n) is 4.22. The number of fused-ring (bicyclic) bond motifs is 1. The maximum Gasteiger partial charge on any atom is 0.350 e. The monoisotopic (exact) mass is 287 g/mol. The summed E-state index contributed by atoms with van der Waals surface area (Å²) in [4.78, 5) is 20.5. The fourth-order valence-electron chi connectivity index (χ4n) is 2.05. The molecule has 0 fully saturated rings. The van der Waals surface area contributed by atoms with Crippen molar-refractivity contribution >= 4 is 34.0 Å². The standard InChI is InChI=1S/C14H13N3O2S/c1-2-19-14(18)12-10(15)6-11(20-12)9-7-17-13-8(9)4-3-5-16-13/h3-7H,2,15H2,1H3,(H,16,17). The predicted octanol–water partition coefficient (Wildman–Crippen LogP) is 3.05. The number of pyridine rings is 1. The smallest absolute Gasteiger partial charge is 0.350 e. The number of H-pyrrole nitrogens is 1. The van der Waals surface area contributed by atoms with Crippen LogP contribution in [0.1, 0.15) is 16.6 Å². The Morgan fingerprint density at radius 3 is 3.20 bits per heavy atom. The summed E-state index contributed by atoms with van der Waals surface area (Å²) in [5, 5.41) is 1.00. The van der Waals surface area contributed by atoms with Crippen LogP contribution in [0.25, 0.3) is 21.5 Å². The number of thiophene rings is 1. The Kier molecular flexibility index (Phi) is 3.15. The van der Waals surface area contributed by atoms with Crippen LogP contribution in [0.5, 0.6) is 0 Å². The van der Waals surface area contributed by atoms with Crippen LogP contribution in [0.15, 0.2) is 30.6 Å². The highest BCUT2D eigenvalue weighted by atomic mass is 32.1. The molecule has 0 amide bonds. The summed E-state index contributed by atoms with van der Waals surface area (Å²) in [7, 11) is 0. The Bertz CT molecular complexity index is 776. The van der Waals surface area contributed by atoms with Gasteiger partial charge in [-0.3, -0.25) is 0 Å². The van der Waals surface area contributed by atoms with E-state index < -0.39 is 0 Å². The average molecular weight is 287 g/mol. The third-order valence-electron chi connectivity index (χ3n) is 2.94. The van der Waals surface area contributed by atoms with Gasteiger partial charge in [0.25, 0.3) is 0 Å². The molecule has 0 saturated heterocycles. The van der Waals surface area contributed by atoms with Crippen molar-refractivity contribution in [3.05, 3.63) is 35.5 Å². The van der Waals surface area contributed by atoms with Crippen molar-refractivity contribution in [1.82, 2.24) is 9.97 Å². The molecule has 3 rings (SSSR count). The van der Waals surface area contributed by atoms with Crippen LogP contribution in [-0.2, 0) is 4.74 Å². The van der Waals surface area contributed by atoms with E-state index >= 15 is 0 Å². The minimum Gasteiger partial charge on any atom is -0.462 e. The number of esters is 1. The quantitative estimate of drug-likeness (QED) is 0.725. The Morgan fingerprint density at radius 2 is 2.40 bits per heavy atom. The first-order valence-corrected chi connectivity index (χ1v) is 7.01. The van der Waals surface area contributed by atoms with Crippen LogP contribution < -0.4 is 5.73 Å². The molecule has 0 aliphatic heterocycles. The molecule has 3 N–H and O–H groups in total. The van der Waals surface area contributed by atoms with Gasteiger partial charge in [0, 0.05) is 28.2 Å². The predicted molar refractivity (Wildman–Crippen MR) is 79.8 cm³/mol. The van der Waals surface area contributed by atoms with E-state index in [9.17, 15) is 4.79 Å². The van der Waals surface area contributed by atoms with Crippen molar-refractivity contribution in [2.24, 2.45) is 0 Å². The fourth-order valence-corrected chi connectivity index (χ4v) is 3.06. The molecule has 5 nitrogen and oxygen atoms in total. The zero-order valence-electron chi connectivity index (χ0n) is 10.8. The molecule has 3 aromatic heterocycles. The van der Waals surface area contributed by atoms with E-state index in [1.165, 1.54) is 11.3 Å². The van der Waals surface area contributed by atoms with E-state index in [-0.39, 0.29) is 5.97 Å². The molecule has 0 unspecified atom stereocenters. The van der Waals surface area contributed by atoms with Crippen LogP contribution in [0.3, 0.4) is 0 Å². The topological polar surface area (TPSA) is 81.0 Å². The number of carbonyl (C=O) groups excluding carboxylic acids is 1. The molecular weight excluding hydrogens is 274 g/mol. The number of anilines is 1. The average Bonchev–Trinajstić information content (AvgIpc) is 3.02. The molecule has 3 heterocycles. The number of hydrogen-bond acceptors (Lipinski definition) is 5. The van der Waals surface area contributed by atoms with Crippen molar-refractivity contribution in [2.75, 3.05) is 12.3 Å². The van der Waals surface area contributed by atoms with Crippen molar-refractivity contribution in [2.45, 2.75) is 6.92 Å². The summed E-state index contributed by atoms with van der Waals surface area (Å²) in [5.41, 5.74) is 8.15. The van der Waals surface area contributed by atoms with Crippen molar-refractivity contribution in [3.8, 4) is 10.4 Å². The highest BCUT2D eigenvalue weighted by molar-refractivity contribution is 7.18. The highest BCUT2D eigenvalue weighted by Gasteiger charge is 2.18. The van der Waals surface area contributed by atoms with E-state index in [0.717, 1.165) is 21.5 Å². The third-order valence-corrected chi connectivity index (χ3v) is 4.10. The molecule has 0 saturated carbocycles. The van der Waals surface area contributed by atoms with Crippen LogP contribution in [0.4, 0.5) is 5.69 Å². The maximum absolute atomic E-state index is 11.8. The minimum absolute atomic E-state index is 0.336. The Balaban J connectivity index is 2.07. The van der Waals surface area contributed by atoms with Gasteiger partial charge < -0.3 is 15.5 Å². The molecule has 0 spiro atoms. The molecule has 102 valence electrons. The van der Waals surface area contributed by atoms with Gasteiger partial charge in [-0.15, -0.1) is 11.3 Å². The van der Waals surface area contributed by atoms with Gasteiger partial charge >= 0.3 is 5.97 Å². The number of nitrogens with zero attached hydrogens (tertiary/aromatic N) is 1. The van der Waals surface area contributed by atoms with Crippen molar-refractivity contribution < 1.29 is 9.53 Å². The number of nitrogens with two attached hydrogens (primary N) is 1. The molecule has 0 bridgehead atoms. The summed E-state index contributed by atoms with van der Waals surface area (Å²) in [5.74, 6) is -0.376. The van der Waals surface area contributed by atoms with Gasteiger partial charge in [-0.25, -0.2) is 9.78 Å². The Morgan fingerprint density at radius 1 is 1.55 bits per heavy atom.